The summed E-state index contributed by atoms with van der Waals surface area (Å²) in [6, 6.07) is 3.09. The zero-order valence-corrected chi connectivity index (χ0v) is 12.2. The molecule has 0 radical (unpaired) electrons. The number of halogens is 2. The van der Waals surface area contributed by atoms with E-state index >= 15 is 0 Å². The summed E-state index contributed by atoms with van der Waals surface area (Å²) >= 11 is 3.22. The number of hydrogen-bond acceptors (Lipinski definition) is 2. The van der Waals surface area contributed by atoms with Gasteiger partial charge in [0.25, 0.3) is 0 Å². The monoisotopic (exact) mass is 331 g/mol. The molecule has 104 valence electrons. The van der Waals surface area contributed by atoms with E-state index in [-0.39, 0.29) is 12.3 Å². The van der Waals surface area contributed by atoms with Gasteiger partial charge in [0.05, 0.1) is 6.42 Å². The Labute approximate surface area is 119 Å². The van der Waals surface area contributed by atoms with Gasteiger partial charge in [0.2, 0.25) is 5.91 Å². The van der Waals surface area contributed by atoms with E-state index in [1.165, 1.54) is 18.2 Å². The summed E-state index contributed by atoms with van der Waals surface area (Å²) in [4.78, 5) is 22.7. The van der Waals surface area contributed by atoms with Crippen LogP contribution in [0, 0.1) is 11.7 Å². The van der Waals surface area contributed by atoms with Crippen LogP contribution in [0.3, 0.4) is 0 Å². The Kier molecular flexibility index (Phi) is 5.47. The highest BCUT2D eigenvalue weighted by molar-refractivity contribution is 9.10. The Morgan fingerprint density at radius 1 is 1.42 bits per heavy atom. The minimum absolute atomic E-state index is 0.0746. The molecule has 1 amide bonds. The molecule has 1 aromatic rings. The molecule has 0 aliphatic rings. The molecule has 0 aliphatic carbocycles. The lowest BCUT2D eigenvalue weighted by Gasteiger charge is -2.18. The quantitative estimate of drug-likeness (QED) is 0.870. The van der Waals surface area contributed by atoms with Gasteiger partial charge in [-0.15, -0.1) is 0 Å². The van der Waals surface area contributed by atoms with Gasteiger partial charge < -0.3 is 10.4 Å². The lowest BCUT2D eigenvalue weighted by molar-refractivity contribution is -0.143. The predicted octanol–water partition coefficient (Wildman–Crippen LogP) is 2.36. The van der Waals surface area contributed by atoms with Gasteiger partial charge in [0.1, 0.15) is 11.9 Å². The van der Waals surface area contributed by atoms with E-state index < -0.39 is 23.7 Å². The van der Waals surface area contributed by atoms with Crippen molar-refractivity contribution in [1.82, 2.24) is 5.32 Å². The van der Waals surface area contributed by atoms with E-state index in [4.69, 9.17) is 5.11 Å². The first-order chi connectivity index (χ1) is 8.81. The number of amides is 1. The van der Waals surface area contributed by atoms with E-state index in [1.54, 1.807) is 13.8 Å². The molecular formula is C13H15BrFNO3. The maximum atomic E-state index is 13.1. The molecule has 0 bridgehead atoms. The van der Waals surface area contributed by atoms with Crippen molar-refractivity contribution in [3.05, 3.63) is 34.1 Å². The fourth-order valence-electron chi connectivity index (χ4n) is 1.59. The zero-order valence-electron chi connectivity index (χ0n) is 10.6. The minimum atomic E-state index is -1.08. The van der Waals surface area contributed by atoms with E-state index in [0.717, 1.165) is 0 Å². The Bertz CT molecular complexity index is 491. The molecule has 4 nitrogen and oxygen atoms in total. The third kappa shape index (κ3) is 4.63. The lowest BCUT2D eigenvalue weighted by atomic mass is 10.0. The van der Waals surface area contributed by atoms with Crippen LogP contribution in [0.25, 0.3) is 0 Å². The van der Waals surface area contributed by atoms with Gasteiger partial charge in [-0.25, -0.2) is 9.18 Å². The van der Waals surface area contributed by atoms with Crippen LogP contribution in [0.5, 0.6) is 0 Å². The Morgan fingerprint density at radius 3 is 2.58 bits per heavy atom. The SMILES string of the molecule is CC(C)C(NC(=O)Cc1cc(F)ccc1Br)C(=O)O. The number of carbonyl (C=O) groups excluding carboxylic acids is 1. The smallest absolute Gasteiger partial charge is 0.326 e. The number of carbonyl (C=O) groups is 2. The first-order valence-corrected chi connectivity index (χ1v) is 6.56. The third-order valence-electron chi connectivity index (χ3n) is 2.61. The van der Waals surface area contributed by atoms with Crippen molar-refractivity contribution in [3.8, 4) is 0 Å². The number of nitrogens with one attached hydrogen (secondary N) is 1. The topological polar surface area (TPSA) is 66.4 Å². The standard InChI is InChI=1S/C13H15BrFNO3/c1-7(2)12(13(18)19)16-11(17)6-8-5-9(15)3-4-10(8)14/h3-5,7,12H,6H2,1-2H3,(H,16,17)(H,18,19). The second-order valence-corrected chi connectivity index (χ2v) is 5.39. The summed E-state index contributed by atoms with van der Waals surface area (Å²) in [5, 5.41) is 11.4. The van der Waals surface area contributed by atoms with Crippen LogP contribution in [0.2, 0.25) is 0 Å². The molecule has 19 heavy (non-hydrogen) atoms. The molecule has 1 unspecified atom stereocenters. The van der Waals surface area contributed by atoms with Crippen LogP contribution < -0.4 is 5.32 Å². The fraction of sp³-hybridized carbons (Fsp3) is 0.385. The van der Waals surface area contributed by atoms with Gasteiger partial charge in [-0.1, -0.05) is 29.8 Å². The highest BCUT2D eigenvalue weighted by Gasteiger charge is 2.23. The van der Waals surface area contributed by atoms with Crippen LogP contribution in [0.1, 0.15) is 19.4 Å². The molecule has 0 saturated heterocycles. The highest BCUT2D eigenvalue weighted by atomic mass is 79.9. The van der Waals surface area contributed by atoms with E-state index in [2.05, 4.69) is 21.2 Å². The van der Waals surface area contributed by atoms with Crippen molar-refractivity contribution >= 4 is 27.8 Å². The van der Waals surface area contributed by atoms with Crippen molar-refractivity contribution in [2.45, 2.75) is 26.3 Å². The first kappa shape index (κ1) is 15.6. The average molecular weight is 332 g/mol. The average Bonchev–Trinajstić information content (AvgIpc) is 2.30. The number of benzene rings is 1. The zero-order chi connectivity index (χ0) is 14.6. The molecule has 0 spiro atoms. The molecule has 2 N–H and O–H groups in total. The third-order valence-corrected chi connectivity index (χ3v) is 3.38. The Morgan fingerprint density at radius 2 is 2.05 bits per heavy atom. The van der Waals surface area contributed by atoms with Crippen molar-refractivity contribution < 1.29 is 19.1 Å². The number of carboxylic acid groups (broad SMARTS) is 1. The highest BCUT2D eigenvalue weighted by Crippen LogP contribution is 2.18. The second kappa shape index (κ2) is 6.65. The fourth-order valence-corrected chi connectivity index (χ4v) is 1.98. The van der Waals surface area contributed by atoms with Gasteiger partial charge in [0.15, 0.2) is 0 Å². The molecular weight excluding hydrogens is 317 g/mol. The van der Waals surface area contributed by atoms with Crippen LogP contribution in [0.15, 0.2) is 22.7 Å². The summed E-state index contributed by atoms with van der Waals surface area (Å²) in [7, 11) is 0. The molecule has 0 aliphatic heterocycles. The summed E-state index contributed by atoms with van der Waals surface area (Å²) in [5.74, 6) is -2.20. The molecule has 1 atom stereocenters. The summed E-state index contributed by atoms with van der Waals surface area (Å²) in [6.07, 6.45) is -0.0746. The number of rotatable bonds is 5. The van der Waals surface area contributed by atoms with Crippen molar-refractivity contribution in [1.29, 1.82) is 0 Å². The van der Waals surface area contributed by atoms with E-state index in [9.17, 15) is 14.0 Å². The van der Waals surface area contributed by atoms with Crippen molar-refractivity contribution in [3.63, 3.8) is 0 Å². The molecule has 0 heterocycles. The largest absolute Gasteiger partial charge is 0.480 e. The molecule has 6 heteroatoms. The number of hydrogen-bond donors (Lipinski definition) is 2. The maximum Gasteiger partial charge on any atom is 0.326 e. The van der Waals surface area contributed by atoms with E-state index in [0.29, 0.717) is 10.0 Å². The van der Waals surface area contributed by atoms with Crippen LogP contribution in [0.4, 0.5) is 4.39 Å². The molecule has 0 fully saturated rings. The number of carboxylic acids is 1. The van der Waals surface area contributed by atoms with Gasteiger partial charge in [-0.2, -0.15) is 0 Å². The normalized spacial score (nSPS) is 12.3. The summed E-state index contributed by atoms with van der Waals surface area (Å²) in [5.41, 5.74) is 0.477. The van der Waals surface area contributed by atoms with Crippen molar-refractivity contribution in [2.75, 3.05) is 0 Å². The van der Waals surface area contributed by atoms with Crippen LogP contribution in [-0.4, -0.2) is 23.0 Å². The van der Waals surface area contributed by atoms with E-state index in [1.807, 2.05) is 0 Å². The second-order valence-electron chi connectivity index (χ2n) is 4.54. The molecule has 1 rings (SSSR count). The molecule has 0 saturated carbocycles. The Balaban J connectivity index is 2.74. The minimum Gasteiger partial charge on any atom is -0.480 e. The van der Waals surface area contributed by atoms with Crippen LogP contribution in [-0.2, 0) is 16.0 Å². The van der Waals surface area contributed by atoms with Crippen LogP contribution >= 0.6 is 15.9 Å². The summed E-state index contributed by atoms with van der Waals surface area (Å²) < 4.78 is 13.7. The molecule has 0 aromatic heterocycles. The first-order valence-electron chi connectivity index (χ1n) is 5.77. The summed E-state index contributed by atoms with van der Waals surface area (Å²) in [6.45, 7) is 3.41. The predicted molar refractivity (Wildman–Crippen MR) is 72.2 cm³/mol. The maximum absolute atomic E-state index is 13.1. The van der Waals surface area contributed by atoms with Crippen molar-refractivity contribution in [2.24, 2.45) is 5.92 Å². The van der Waals surface area contributed by atoms with Gasteiger partial charge in [-0.05, 0) is 29.7 Å². The number of aliphatic carboxylic acids is 1. The molecule has 1 aromatic carbocycles. The van der Waals surface area contributed by atoms with Gasteiger partial charge in [-0.3, -0.25) is 4.79 Å². The lowest BCUT2D eigenvalue weighted by Crippen LogP contribution is -2.44. The van der Waals surface area contributed by atoms with Gasteiger partial charge in [0, 0.05) is 4.47 Å². The Hall–Kier alpha value is -1.43. The van der Waals surface area contributed by atoms with Gasteiger partial charge >= 0.3 is 5.97 Å².